The first-order valence-corrected chi connectivity index (χ1v) is 8.52. The van der Waals surface area contributed by atoms with Gasteiger partial charge in [0.2, 0.25) is 5.91 Å². The molecular formula is C19H18Cl2N2O. The second-order valence-electron chi connectivity index (χ2n) is 5.77. The van der Waals surface area contributed by atoms with Gasteiger partial charge in [0.05, 0.1) is 6.42 Å². The first-order chi connectivity index (χ1) is 11.5. The smallest absolute Gasteiger partial charge is 0.231 e. The summed E-state index contributed by atoms with van der Waals surface area (Å²) in [6.07, 6.45) is 0.924. The second kappa shape index (κ2) is 6.98. The molecule has 1 heterocycles. The zero-order valence-corrected chi connectivity index (χ0v) is 14.7. The summed E-state index contributed by atoms with van der Waals surface area (Å²) in [5, 5.41) is 1.01. The molecule has 0 fully saturated rings. The van der Waals surface area contributed by atoms with Crippen LogP contribution in [0.25, 0.3) is 5.70 Å². The van der Waals surface area contributed by atoms with E-state index in [4.69, 9.17) is 28.9 Å². The third-order valence-electron chi connectivity index (χ3n) is 4.41. The Morgan fingerprint density at radius 1 is 1.17 bits per heavy atom. The van der Waals surface area contributed by atoms with Crippen LogP contribution >= 0.6 is 23.2 Å². The SMILES string of the molecule is C=C1c2cccc(CN)c2CCN1C(=O)Cc1c(Cl)cccc1Cl. The molecule has 0 aliphatic carbocycles. The van der Waals surface area contributed by atoms with Crippen LogP contribution in [0.1, 0.15) is 22.3 Å². The molecule has 0 aromatic heterocycles. The highest BCUT2D eigenvalue weighted by Crippen LogP contribution is 2.31. The van der Waals surface area contributed by atoms with Gasteiger partial charge in [0.15, 0.2) is 0 Å². The van der Waals surface area contributed by atoms with Crippen LogP contribution in [0.4, 0.5) is 0 Å². The van der Waals surface area contributed by atoms with Crippen molar-refractivity contribution in [3.8, 4) is 0 Å². The van der Waals surface area contributed by atoms with Gasteiger partial charge in [-0.05, 0) is 35.2 Å². The van der Waals surface area contributed by atoms with Gasteiger partial charge in [0, 0.05) is 34.4 Å². The maximum Gasteiger partial charge on any atom is 0.231 e. The zero-order chi connectivity index (χ0) is 17.3. The molecule has 0 radical (unpaired) electrons. The largest absolute Gasteiger partial charge is 0.326 e. The predicted octanol–water partition coefficient (Wildman–Crippen LogP) is 4.05. The van der Waals surface area contributed by atoms with Crippen LogP contribution in [-0.2, 0) is 24.2 Å². The third-order valence-corrected chi connectivity index (χ3v) is 5.11. The van der Waals surface area contributed by atoms with E-state index in [0.29, 0.717) is 34.4 Å². The van der Waals surface area contributed by atoms with Crippen LogP contribution in [0.15, 0.2) is 43.0 Å². The van der Waals surface area contributed by atoms with Crippen molar-refractivity contribution in [3.63, 3.8) is 0 Å². The summed E-state index contributed by atoms with van der Waals surface area (Å²) < 4.78 is 0. The van der Waals surface area contributed by atoms with Crippen LogP contribution in [-0.4, -0.2) is 17.4 Å². The fraction of sp³-hybridized carbons (Fsp3) is 0.211. The van der Waals surface area contributed by atoms with Gasteiger partial charge in [-0.25, -0.2) is 0 Å². The fourth-order valence-corrected chi connectivity index (χ4v) is 3.65. The first-order valence-electron chi connectivity index (χ1n) is 7.76. The van der Waals surface area contributed by atoms with Crippen molar-refractivity contribution >= 4 is 34.8 Å². The van der Waals surface area contributed by atoms with Crippen LogP contribution in [0.3, 0.4) is 0 Å². The maximum atomic E-state index is 12.8. The Morgan fingerprint density at radius 3 is 2.50 bits per heavy atom. The molecule has 0 unspecified atom stereocenters. The van der Waals surface area contributed by atoms with Gasteiger partial charge in [0.1, 0.15) is 0 Å². The van der Waals surface area contributed by atoms with E-state index in [2.05, 4.69) is 6.58 Å². The average molecular weight is 361 g/mol. The molecule has 3 nitrogen and oxygen atoms in total. The van der Waals surface area contributed by atoms with Crippen molar-refractivity contribution in [3.05, 3.63) is 75.3 Å². The molecular weight excluding hydrogens is 343 g/mol. The topological polar surface area (TPSA) is 46.3 Å². The van der Waals surface area contributed by atoms with E-state index in [9.17, 15) is 4.79 Å². The van der Waals surface area contributed by atoms with Gasteiger partial charge >= 0.3 is 0 Å². The highest BCUT2D eigenvalue weighted by molar-refractivity contribution is 6.36. The summed E-state index contributed by atoms with van der Waals surface area (Å²) in [5.41, 5.74) is 10.5. The maximum absolute atomic E-state index is 12.8. The number of nitrogens with two attached hydrogens (primary N) is 1. The number of rotatable bonds is 3. The molecule has 0 saturated carbocycles. The van der Waals surface area contributed by atoms with Crippen molar-refractivity contribution in [1.29, 1.82) is 0 Å². The summed E-state index contributed by atoms with van der Waals surface area (Å²) in [4.78, 5) is 14.5. The van der Waals surface area contributed by atoms with Crippen molar-refractivity contribution in [2.75, 3.05) is 6.54 Å². The Kier molecular flexibility index (Phi) is 4.95. The van der Waals surface area contributed by atoms with E-state index < -0.39 is 0 Å². The number of amides is 1. The predicted molar refractivity (Wildman–Crippen MR) is 99.0 cm³/mol. The van der Waals surface area contributed by atoms with E-state index in [1.165, 1.54) is 5.56 Å². The van der Waals surface area contributed by atoms with E-state index >= 15 is 0 Å². The minimum atomic E-state index is -0.0567. The third kappa shape index (κ3) is 3.07. The number of halogens is 2. The molecule has 124 valence electrons. The van der Waals surface area contributed by atoms with Gasteiger partial charge in [-0.15, -0.1) is 0 Å². The number of hydrogen-bond acceptors (Lipinski definition) is 2. The lowest BCUT2D eigenvalue weighted by Crippen LogP contribution is -2.36. The average Bonchev–Trinajstić information content (AvgIpc) is 2.58. The van der Waals surface area contributed by atoms with Gasteiger partial charge in [0.25, 0.3) is 0 Å². The van der Waals surface area contributed by atoms with Crippen molar-refractivity contribution in [2.45, 2.75) is 19.4 Å². The molecule has 2 aromatic rings. The second-order valence-corrected chi connectivity index (χ2v) is 6.58. The van der Waals surface area contributed by atoms with E-state index in [-0.39, 0.29) is 12.3 Å². The molecule has 5 heteroatoms. The summed E-state index contributed by atoms with van der Waals surface area (Å²) in [5.74, 6) is -0.0567. The number of fused-ring (bicyclic) bond motifs is 1. The molecule has 0 bridgehead atoms. The van der Waals surface area contributed by atoms with Crippen LogP contribution in [0.2, 0.25) is 10.0 Å². The molecule has 2 aromatic carbocycles. The van der Waals surface area contributed by atoms with Gasteiger partial charge in [-0.1, -0.05) is 54.0 Å². The highest BCUT2D eigenvalue weighted by Gasteiger charge is 2.26. The van der Waals surface area contributed by atoms with E-state index in [1.807, 2.05) is 18.2 Å². The Balaban J connectivity index is 1.86. The Morgan fingerprint density at radius 2 is 1.83 bits per heavy atom. The molecule has 2 N–H and O–H groups in total. The van der Waals surface area contributed by atoms with Crippen molar-refractivity contribution < 1.29 is 4.79 Å². The van der Waals surface area contributed by atoms with E-state index in [1.54, 1.807) is 23.1 Å². The number of nitrogens with zero attached hydrogens (tertiary/aromatic N) is 1. The summed E-state index contributed by atoms with van der Waals surface area (Å²) in [7, 11) is 0. The highest BCUT2D eigenvalue weighted by atomic mass is 35.5. The quantitative estimate of drug-likeness (QED) is 0.897. The first kappa shape index (κ1) is 17.0. The monoisotopic (exact) mass is 360 g/mol. The Hall–Kier alpha value is -1.81. The molecule has 24 heavy (non-hydrogen) atoms. The Labute approximate surface area is 151 Å². The van der Waals surface area contributed by atoms with Gasteiger partial charge < -0.3 is 10.6 Å². The lowest BCUT2D eigenvalue weighted by Gasteiger charge is -2.32. The van der Waals surface area contributed by atoms with E-state index in [0.717, 1.165) is 17.5 Å². The van der Waals surface area contributed by atoms with Gasteiger partial charge in [-0.3, -0.25) is 4.79 Å². The molecule has 1 aliphatic rings. The lowest BCUT2D eigenvalue weighted by molar-refractivity contribution is -0.127. The minimum Gasteiger partial charge on any atom is -0.326 e. The number of benzene rings is 2. The van der Waals surface area contributed by atoms with Crippen molar-refractivity contribution in [2.24, 2.45) is 5.73 Å². The minimum absolute atomic E-state index is 0.0567. The molecule has 0 saturated heterocycles. The summed E-state index contributed by atoms with van der Waals surface area (Å²) in [6.45, 7) is 5.19. The van der Waals surface area contributed by atoms with Crippen LogP contribution in [0.5, 0.6) is 0 Å². The molecule has 1 aliphatic heterocycles. The molecule has 3 rings (SSSR count). The number of hydrogen-bond donors (Lipinski definition) is 1. The molecule has 1 amide bonds. The number of carbonyl (C=O) groups excluding carboxylic acids is 1. The zero-order valence-electron chi connectivity index (χ0n) is 13.2. The normalized spacial score (nSPS) is 13.8. The standard InChI is InChI=1S/C19H18Cl2N2O/c1-12-14-5-2-4-13(11-22)15(14)8-9-23(12)19(24)10-16-17(20)6-3-7-18(16)21/h2-7H,1,8-11,22H2. The van der Waals surface area contributed by atoms with Crippen LogP contribution in [0, 0.1) is 0 Å². The molecule has 0 spiro atoms. The van der Waals surface area contributed by atoms with Gasteiger partial charge in [-0.2, -0.15) is 0 Å². The van der Waals surface area contributed by atoms with Crippen LogP contribution < -0.4 is 5.73 Å². The Bertz CT molecular complexity index is 797. The summed E-state index contributed by atoms with van der Waals surface area (Å²) >= 11 is 12.4. The fourth-order valence-electron chi connectivity index (χ4n) is 3.12. The molecule has 0 atom stereocenters. The summed E-state index contributed by atoms with van der Waals surface area (Å²) in [6, 6.07) is 11.2. The lowest BCUT2D eigenvalue weighted by atomic mass is 9.92. The number of carbonyl (C=O) groups is 1. The van der Waals surface area contributed by atoms with Crippen molar-refractivity contribution in [1.82, 2.24) is 4.90 Å².